The van der Waals surface area contributed by atoms with Crippen LogP contribution in [-0.2, 0) is 0 Å². The molecule has 1 heterocycles. The number of aromatic nitrogens is 1. The van der Waals surface area contributed by atoms with Crippen LogP contribution in [0, 0.1) is 4.91 Å². The third-order valence-electron chi connectivity index (χ3n) is 3.15. The molecular weight excluding hydrogens is 252 g/mol. The summed E-state index contributed by atoms with van der Waals surface area (Å²) in [5.74, 6) is 0.475. The molecule has 2 N–H and O–H groups in total. The van der Waals surface area contributed by atoms with Gasteiger partial charge >= 0.3 is 0 Å². The highest BCUT2D eigenvalue weighted by molar-refractivity contribution is 5.80. The van der Waals surface area contributed by atoms with E-state index in [0.29, 0.717) is 0 Å². The number of aromatic hydroxyl groups is 1. The van der Waals surface area contributed by atoms with E-state index < -0.39 is 0 Å². The zero-order valence-electron chi connectivity index (χ0n) is 10.6. The average Bonchev–Trinajstić information content (AvgIpc) is 2.93. The number of hydrogen-bond donors (Lipinski definition) is 2. The Labute approximate surface area is 115 Å². The summed E-state index contributed by atoms with van der Waals surface area (Å²) in [6, 6.07) is 18.3. The molecule has 98 valence electrons. The Morgan fingerprint density at radius 1 is 0.900 bits per heavy atom. The van der Waals surface area contributed by atoms with E-state index in [1.807, 2.05) is 36.4 Å². The van der Waals surface area contributed by atoms with Crippen LogP contribution in [0.5, 0.6) is 5.75 Å². The maximum absolute atomic E-state index is 11.0. The molecule has 0 spiro atoms. The lowest BCUT2D eigenvalue weighted by Crippen LogP contribution is -1.74. The van der Waals surface area contributed by atoms with Crippen LogP contribution in [0.15, 0.2) is 65.8 Å². The van der Waals surface area contributed by atoms with Gasteiger partial charge in [-0.1, -0.05) is 42.5 Å². The van der Waals surface area contributed by atoms with Crippen LogP contribution in [0.3, 0.4) is 0 Å². The molecule has 2 aromatic carbocycles. The van der Waals surface area contributed by atoms with Gasteiger partial charge in [-0.25, -0.2) is 0 Å². The highest BCUT2D eigenvalue weighted by atomic mass is 16.3. The lowest BCUT2D eigenvalue weighted by molar-refractivity contribution is 0.475. The monoisotopic (exact) mass is 264 g/mol. The molecule has 1 aromatic heterocycles. The molecule has 0 fully saturated rings. The molecule has 0 saturated heterocycles. The largest absolute Gasteiger partial charge is 0.508 e. The van der Waals surface area contributed by atoms with E-state index >= 15 is 0 Å². The van der Waals surface area contributed by atoms with Gasteiger partial charge < -0.3 is 10.1 Å². The Kier molecular flexibility index (Phi) is 3.05. The maximum atomic E-state index is 11.0. The zero-order chi connectivity index (χ0) is 13.9. The molecule has 3 rings (SSSR count). The minimum atomic E-state index is 0.188. The fraction of sp³-hybridized carbons (Fsp3) is 0. The molecule has 0 radical (unpaired) electrons. The molecule has 0 aliphatic heterocycles. The number of phenolic OH excluding ortho intramolecular Hbond substituents is 1. The van der Waals surface area contributed by atoms with E-state index in [2.05, 4.69) is 10.2 Å². The molecule has 0 atom stereocenters. The van der Waals surface area contributed by atoms with Gasteiger partial charge in [0.05, 0.1) is 0 Å². The van der Waals surface area contributed by atoms with Crippen molar-refractivity contribution in [2.24, 2.45) is 5.18 Å². The second-order valence-corrected chi connectivity index (χ2v) is 4.45. The smallest absolute Gasteiger partial charge is 0.183 e. The van der Waals surface area contributed by atoms with Crippen LogP contribution in [-0.4, -0.2) is 10.1 Å². The number of nitrogens with one attached hydrogen (secondary N) is 1. The predicted octanol–water partition coefficient (Wildman–Crippen LogP) is 4.45. The molecule has 4 heteroatoms. The molecule has 4 nitrogen and oxygen atoms in total. The van der Waals surface area contributed by atoms with Crippen LogP contribution < -0.4 is 0 Å². The molecule has 3 aromatic rings. The van der Waals surface area contributed by atoms with Crippen LogP contribution in [0.2, 0.25) is 0 Å². The number of benzene rings is 2. The summed E-state index contributed by atoms with van der Waals surface area (Å²) < 4.78 is 0. The van der Waals surface area contributed by atoms with Crippen LogP contribution in [0.1, 0.15) is 0 Å². The Hall–Kier alpha value is -2.88. The fourth-order valence-corrected chi connectivity index (χ4v) is 2.15. The maximum Gasteiger partial charge on any atom is 0.183 e. The van der Waals surface area contributed by atoms with Gasteiger partial charge in [-0.3, -0.25) is 0 Å². The SMILES string of the molecule is O=Nc1[nH]c(-c2ccccc2)cc1-c1ccc(O)cc1. The van der Waals surface area contributed by atoms with Gasteiger partial charge in [0.25, 0.3) is 0 Å². The van der Waals surface area contributed by atoms with Gasteiger partial charge in [0.15, 0.2) is 5.82 Å². The Morgan fingerprint density at radius 3 is 2.25 bits per heavy atom. The summed E-state index contributed by atoms with van der Waals surface area (Å²) >= 11 is 0. The second kappa shape index (κ2) is 5.01. The molecule has 0 bridgehead atoms. The van der Waals surface area contributed by atoms with Gasteiger partial charge in [-0.05, 0) is 34.5 Å². The van der Waals surface area contributed by atoms with Crippen molar-refractivity contribution in [1.82, 2.24) is 4.98 Å². The Balaban J connectivity index is 2.10. The van der Waals surface area contributed by atoms with Crippen molar-refractivity contribution < 1.29 is 5.11 Å². The van der Waals surface area contributed by atoms with Gasteiger partial charge in [0.1, 0.15) is 5.75 Å². The van der Waals surface area contributed by atoms with Crippen molar-refractivity contribution in [3.63, 3.8) is 0 Å². The zero-order valence-corrected chi connectivity index (χ0v) is 10.6. The van der Waals surface area contributed by atoms with Crippen molar-refractivity contribution in [2.75, 3.05) is 0 Å². The van der Waals surface area contributed by atoms with E-state index in [0.717, 1.165) is 22.4 Å². The molecule has 0 saturated carbocycles. The highest BCUT2D eigenvalue weighted by Gasteiger charge is 2.12. The van der Waals surface area contributed by atoms with Gasteiger partial charge in [-0.2, -0.15) is 0 Å². The average molecular weight is 264 g/mol. The van der Waals surface area contributed by atoms with Crippen molar-refractivity contribution in [3.05, 3.63) is 65.6 Å². The molecule has 0 aliphatic carbocycles. The third-order valence-corrected chi connectivity index (χ3v) is 3.15. The lowest BCUT2D eigenvalue weighted by Gasteiger charge is -1.98. The number of nitroso groups, excluding NO2 is 1. The first-order valence-electron chi connectivity index (χ1n) is 6.19. The van der Waals surface area contributed by atoms with Crippen LogP contribution in [0.25, 0.3) is 22.4 Å². The topological polar surface area (TPSA) is 65.5 Å². The van der Waals surface area contributed by atoms with E-state index in [1.165, 1.54) is 0 Å². The number of phenols is 1. The Morgan fingerprint density at radius 2 is 1.60 bits per heavy atom. The standard InChI is InChI=1S/C16H12N2O2/c19-13-8-6-11(7-9-13)14-10-15(17-16(14)18-20)12-4-2-1-3-5-12/h1-10,17,19H. The number of H-pyrrole nitrogens is 1. The first-order chi connectivity index (χ1) is 9.78. The van der Waals surface area contributed by atoms with Crippen molar-refractivity contribution >= 4 is 5.82 Å². The number of aromatic amines is 1. The Bertz CT molecular complexity index is 731. The van der Waals surface area contributed by atoms with E-state index in [1.54, 1.807) is 24.3 Å². The first kappa shape index (κ1) is 12.2. The molecule has 0 unspecified atom stereocenters. The molecule has 20 heavy (non-hydrogen) atoms. The second-order valence-electron chi connectivity index (χ2n) is 4.45. The summed E-state index contributed by atoms with van der Waals surface area (Å²) in [5, 5.41) is 12.4. The van der Waals surface area contributed by atoms with Crippen molar-refractivity contribution in [2.45, 2.75) is 0 Å². The van der Waals surface area contributed by atoms with E-state index in [4.69, 9.17) is 0 Å². The quantitative estimate of drug-likeness (QED) is 0.686. The van der Waals surface area contributed by atoms with Gasteiger partial charge in [0.2, 0.25) is 0 Å². The minimum Gasteiger partial charge on any atom is -0.508 e. The van der Waals surface area contributed by atoms with Crippen LogP contribution >= 0.6 is 0 Å². The molecular formula is C16H12N2O2. The van der Waals surface area contributed by atoms with E-state index in [-0.39, 0.29) is 11.6 Å². The minimum absolute atomic E-state index is 0.188. The van der Waals surface area contributed by atoms with E-state index in [9.17, 15) is 10.0 Å². The van der Waals surface area contributed by atoms with Gasteiger partial charge in [0, 0.05) is 11.3 Å². The summed E-state index contributed by atoms with van der Waals surface area (Å²) in [5.41, 5.74) is 3.38. The highest BCUT2D eigenvalue weighted by Crippen LogP contribution is 2.35. The number of rotatable bonds is 3. The third kappa shape index (κ3) is 2.19. The number of nitrogens with zero attached hydrogens (tertiary/aromatic N) is 1. The first-order valence-corrected chi connectivity index (χ1v) is 6.19. The normalized spacial score (nSPS) is 10.4. The summed E-state index contributed by atoms with van der Waals surface area (Å²) in [4.78, 5) is 14.0. The molecule has 0 amide bonds. The van der Waals surface area contributed by atoms with Crippen molar-refractivity contribution in [1.29, 1.82) is 0 Å². The van der Waals surface area contributed by atoms with Crippen molar-refractivity contribution in [3.8, 4) is 28.1 Å². The fourth-order valence-electron chi connectivity index (χ4n) is 2.15. The van der Waals surface area contributed by atoms with Crippen LogP contribution in [0.4, 0.5) is 5.82 Å². The molecule has 0 aliphatic rings. The summed E-state index contributed by atoms with van der Waals surface area (Å²) in [6.07, 6.45) is 0. The summed E-state index contributed by atoms with van der Waals surface area (Å²) in [7, 11) is 0. The predicted molar refractivity (Wildman–Crippen MR) is 78.8 cm³/mol. The lowest BCUT2D eigenvalue weighted by atomic mass is 10.1. The van der Waals surface area contributed by atoms with Gasteiger partial charge in [-0.15, -0.1) is 4.91 Å². The summed E-state index contributed by atoms with van der Waals surface area (Å²) in [6.45, 7) is 0. The number of hydrogen-bond acceptors (Lipinski definition) is 3.